The van der Waals surface area contributed by atoms with Crippen LogP contribution < -0.4 is 16.0 Å². The van der Waals surface area contributed by atoms with Crippen LogP contribution in [0.1, 0.15) is 10.4 Å². The highest BCUT2D eigenvalue weighted by molar-refractivity contribution is 7.15. The summed E-state index contributed by atoms with van der Waals surface area (Å²) >= 11 is 1.32. The summed E-state index contributed by atoms with van der Waals surface area (Å²) < 4.78 is 13.1. The number of urea groups is 1. The lowest BCUT2D eigenvalue weighted by Gasteiger charge is -2.06. The first-order valence-corrected chi connectivity index (χ1v) is 7.46. The Morgan fingerprint density at radius 3 is 3.09 bits per heavy atom. The molecule has 114 valence electrons. The number of hydrogen-bond donors (Lipinski definition) is 3. The maximum absolute atomic E-state index is 13.1. The molecule has 1 fully saturated rings. The standard InChI is InChI=1S/C14H13FN4O2S/c15-9-3-1-2-8(4-9)5-10-6-17-14(22-10)19-12(20)11-7-16-13(21)18-11/h1-4,6,11H,5,7H2,(H2,16,18,21)(H,17,19,20)/t11-/m0/s1. The molecule has 2 aromatic rings. The minimum absolute atomic E-state index is 0.256. The smallest absolute Gasteiger partial charge is 0.315 e. The number of hydrogen-bond acceptors (Lipinski definition) is 4. The number of carbonyl (C=O) groups excluding carboxylic acids is 2. The molecule has 22 heavy (non-hydrogen) atoms. The second-order valence-electron chi connectivity index (χ2n) is 4.83. The van der Waals surface area contributed by atoms with Gasteiger partial charge in [-0.25, -0.2) is 14.2 Å². The fourth-order valence-electron chi connectivity index (χ4n) is 2.10. The monoisotopic (exact) mass is 320 g/mol. The number of rotatable bonds is 4. The lowest BCUT2D eigenvalue weighted by Crippen LogP contribution is -2.38. The average Bonchev–Trinajstić information content (AvgIpc) is 3.08. The van der Waals surface area contributed by atoms with Crippen molar-refractivity contribution in [2.45, 2.75) is 12.5 Å². The maximum Gasteiger partial charge on any atom is 0.315 e. The molecule has 1 aliphatic heterocycles. The van der Waals surface area contributed by atoms with Crippen LogP contribution in [0.3, 0.4) is 0 Å². The number of nitrogens with zero attached hydrogens (tertiary/aromatic N) is 1. The summed E-state index contributed by atoms with van der Waals surface area (Å²) in [4.78, 5) is 28.0. The summed E-state index contributed by atoms with van der Waals surface area (Å²) in [5, 5.41) is 8.13. The molecule has 1 aliphatic rings. The van der Waals surface area contributed by atoms with E-state index in [4.69, 9.17) is 0 Å². The first-order valence-electron chi connectivity index (χ1n) is 6.64. The zero-order valence-electron chi connectivity index (χ0n) is 11.4. The third-order valence-electron chi connectivity index (χ3n) is 3.14. The van der Waals surface area contributed by atoms with E-state index in [1.165, 1.54) is 23.5 Å². The predicted octanol–water partition coefficient (Wildman–Crippen LogP) is 1.49. The lowest BCUT2D eigenvalue weighted by atomic mass is 10.1. The van der Waals surface area contributed by atoms with Crippen LogP contribution in [0.5, 0.6) is 0 Å². The van der Waals surface area contributed by atoms with Crippen LogP contribution in [0.25, 0.3) is 0 Å². The van der Waals surface area contributed by atoms with E-state index in [0.717, 1.165) is 10.4 Å². The Balaban J connectivity index is 1.61. The zero-order valence-corrected chi connectivity index (χ0v) is 12.2. The van der Waals surface area contributed by atoms with Crippen LogP contribution in [0.2, 0.25) is 0 Å². The summed E-state index contributed by atoms with van der Waals surface area (Å²) in [6, 6.07) is 5.41. The Morgan fingerprint density at radius 1 is 1.50 bits per heavy atom. The van der Waals surface area contributed by atoms with E-state index in [2.05, 4.69) is 20.9 Å². The summed E-state index contributed by atoms with van der Waals surface area (Å²) in [5.74, 6) is -0.593. The molecule has 1 atom stereocenters. The SMILES string of the molecule is O=C1NC[C@@H](C(=O)Nc2ncc(Cc3cccc(F)c3)s2)N1. The van der Waals surface area contributed by atoms with Gasteiger partial charge in [0.05, 0.1) is 0 Å². The molecule has 0 radical (unpaired) electrons. The molecule has 6 nitrogen and oxygen atoms in total. The molecule has 0 aliphatic carbocycles. The van der Waals surface area contributed by atoms with Crippen molar-refractivity contribution < 1.29 is 14.0 Å². The highest BCUT2D eigenvalue weighted by Crippen LogP contribution is 2.21. The Bertz CT molecular complexity index is 718. The predicted molar refractivity (Wildman–Crippen MR) is 80.3 cm³/mol. The molecule has 1 aromatic heterocycles. The van der Waals surface area contributed by atoms with Gasteiger partial charge in [0, 0.05) is 24.0 Å². The van der Waals surface area contributed by atoms with Crippen molar-refractivity contribution in [2.75, 3.05) is 11.9 Å². The van der Waals surface area contributed by atoms with Crippen LogP contribution in [0.15, 0.2) is 30.5 Å². The van der Waals surface area contributed by atoms with Gasteiger partial charge in [-0.2, -0.15) is 0 Å². The number of nitrogens with one attached hydrogen (secondary N) is 3. The van der Waals surface area contributed by atoms with Crippen molar-refractivity contribution in [3.63, 3.8) is 0 Å². The minimum atomic E-state index is -0.594. The van der Waals surface area contributed by atoms with E-state index >= 15 is 0 Å². The van der Waals surface area contributed by atoms with Gasteiger partial charge >= 0.3 is 6.03 Å². The van der Waals surface area contributed by atoms with E-state index in [1.54, 1.807) is 12.3 Å². The van der Waals surface area contributed by atoms with Gasteiger partial charge in [-0.05, 0) is 17.7 Å². The van der Waals surface area contributed by atoms with Crippen LogP contribution >= 0.6 is 11.3 Å². The fourth-order valence-corrected chi connectivity index (χ4v) is 2.95. The molecule has 8 heteroatoms. The van der Waals surface area contributed by atoms with Crippen molar-refractivity contribution in [1.29, 1.82) is 0 Å². The maximum atomic E-state index is 13.1. The summed E-state index contributed by atoms with van der Waals surface area (Å²) in [6.45, 7) is 0.256. The molecule has 0 bridgehead atoms. The highest BCUT2D eigenvalue weighted by Gasteiger charge is 2.27. The first kappa shape index (κ1) is 14.5. The Labute approximate surface area is 129 Å². The first-order chi connectivity index (χ1) is 10.6. The number of thiazole rings is 1. The van der Waals surface area contributed by atoms with Gasteiger partial charge in [0.25, 0.3) is 5.91 Å². The molecule has 3 N–H and O–H groups in total. The fraction of sp³-hybridized carbons (Fsp3) is 0.214. The molecule has 3 rings (SSSR count). The van der Waals surface area contributed by atoms with Gasteiger partial charge in [0.1, 0.15) is 11.9 Å². The lowest BCUT2D eigenvalue weighted by molar-refractivity contribution is -0.117. The zero-order chi connectivity index (χ0) is 15.5. The molecule has 1 saturated heterocycles. The van der Waals surface area contributed by atoms with E-state index in [0.29, 0.717) is 11.6 Å². The second kappa shape index (κ2) is 6.10. The van der Waals surface area contributed by atoms with Gasteiger partial charge in [-0.15, -0.1) is 11.3 Å². The largest absolute Gasteiger partial charge is 0.336 e. The molecule has 0 saturated carbocycles. The van der Waals surface area contributed by atoms with E-state index in [9.17, 15) is 14.0 Å². The molecular weight excluding hydrogens is 307 g/mol. The quantitative estimate of drug-likeness (QED) is 0.798. The molecule has 0 spiro atoms. The molecule has 2 heterocycles. The third kappa shape index (κ3) is 3.40. The third-order valence-corrected chi connectivity index (χ3v) is 4.05. The number of anilines is 1. The van der Waals surface area contributed by atoms with E-state index in [-0.39, 0.29) is 24.3 Å². The van der Waals surface area contributed by atoms with Gasteiger partial charge in [-0.1, -0.05) is 12.1 Å². The second-order valence-corrected chi connectivity index (χ2v) is 5.95. The summed E-state index contributed by atoms with van der Waals surface area (Å²) in [7, 11) is 0. The van der Waals surface area contributed by atoms with Gasteiger partial charge in [-0.3, -0.25) is 4.79 Å². The van der Waals surface area contributed by atoms with Crippen LogP contribution in [-0.2, 0) is 11.2 Å². The van der Waals surface area contributed by atoms with Crippen molar-refractivity contribution in [3.05, 3.63) is 46.7 Å². The van der Waals surface area contributed by atoms with Gasteiger partial charge < -0.3 is 16.0 Å². The minimum Gasteiger partial charge on any atom is -0.336 e. The van der Waals surface area contributed by atoms with E-state index in [1.807, 2.05) is 6.07 Å². The van der Waals surface area contributed by atoms with Crippen LogP contribution in [-0.4, -0.2) is 29.5 Å². The Morgan fingerprint density at radius 2 is 2.36 bits per heavy atom. The van der Waals surface area contributed by atoms with E-state index < -0.39 is 6.04 Å². The Hall–Kier alpha value is -2.48. The number of carbonyl (C=O) groups is 2. The molecule has 0 unspecified atom stereocenters. The van der Waals surface area contributed by atoms with Crippen LogP contribution in [0.4, 0.5) is 14.3 Å². The summed E-state index contributed by atoms with van der Waals surface area (Å²) in [6.07, 6.45) is 2.20. The number of aromatic nitrogens is 1. The topological polar surface area (TPSA) is 83.1 Å². The number of benzene rings is 1. The van der Waals surface area contributed by atoms with Crippen molar-refractivity contribution in [3.8, 4) is 0 Å². The van der Waals surface area contributed by atoms with Crippen molar-refractivity contribution in [2.24, 2.45) is 0 Å². The van der Waals surface area contributed by atoms with Crippen molar-refractivity contribution in [1.82, 2.24) is 15.6 Å². The van der Waals surface area contributed by atoms with Crippen molar-refractivity contribution >= 4 is 28.4 Å². The Kier molecular flexibility index (Phi) is 4.01. The van der Waals surface area contributed by atoms with Gasteiger partial charge in [0.2, 0.25) is 0 Å². The highest BCUT2D eigenvalue weighted by atomic mass is 32.1. The van der Waals surface area contributed by atoms with Crippen LogP contribution in [0, 0.1) is 5.82 Å². The average molecular weight is 320 g/mol. The molecule has 3 amide bonds. The molecule has 1 aromatic carbocycles. The normalized spacial score (nSPS) is 17.0. The number of amides is 3. The number of halogens is 1. The molecular formula is C14H13FN4O2S. The van der Waals surface area contributed by atoms with Gasteiger partial charge in [0.15, 0.2) is 5.13 Å². The summed E-state index contributed by atoms with van der Waals surface area (Å²) in [5.41, 5.74) is 0.841.